The van der Waals surface area contributed by atoms with Crippen LogP contribution in [0.1, 0.15) is 26.3 Å². The summed E-state index contributed by atoms with van der Waals surface area (Å²) in [7, 11) is 0. The van der Waals surface area contributed by atoms with Crippen LogP contribution in [0.5, 0.6) is 0 Å². The molecule has 0 saturated carbocycles. The van der Waals surface area contributed by atoms with Gasteiger partial charge >= 0.3 is 0 Å². The summed E-state index contributed by atoms with van der Waals surface area (Å²) in [5.74, 6) is -1.05. The Morgan fingerprint density at radius 2 is 1.80 bits per heavy atom. The van der Waals surface area contributed by atoms with E-state index < -0.39 is 11.6 Å². The maximum Gasteiger partial charge on any atom is 0.219 e. The molecular formula is C15H20F2N2O. The van der Waals surface area contributed by atoms with E-state index in [2.05, 4.69) is 4.90 Å². The van der Waals surface area contributed by atoms with Crippen molar-refractivity contribution in [3.63, 3.8) is 0 Å². The lowest BCUT2D eigenvalue weighted by Gasteiger charge is -2.47. The summed E-state index contributed by atoms with van der Waals surface area (Å²) < 4.78 is 26.5. The fourth-order valence-corrected chi connectivity index (χ4v) is 2.67. The van der Waals surface area contributed by atoms with Crippen molar-refractivity contribution in [1.29, 1.82) is 0 Å². The first-order valence-electron chi connectivity index (χ1n) is 6.73. The van der Waals surface area contributed by atoms with E-state index in [4.69, 9.17) is 0 Å². The molecule has 0 unspecified atom stereocenters. The Hall–Kier alpha value is -1.49. The van der Waals surface area contributed by atoms with Crippen LogP contribution in [0.4, 0.5) is 8.78 Å². The van der Waals surface area contributed by atoms with Gasteiger partial charge in [-0.25, -0.2) is 8.78 Å². The van der Waals surface area contributed by atoms with Crippen LogP contribution in [0.25, 0.3) is 0 Å². The van der Waals surface area contributed by atoms with Crippen LogP contribution in [0.15, 0.2) is 18.2 Å². The van der Waals surface area contributed by atoms with Crippen molar-refractivity contribution in [2.24, 2.45) is 0 Å². The van der Waals surface area contributed by atoms with Gasteiger partial charge in [0.25, 0.3) is 0 Å². The molecule has 1 heterocycles. The molecule has 2 rings (SSSR count). The third-order valence-corrected chi connectivity index (χ3v) is 3.81. The molecule has 1 aliphatic heterocycles. The number of amides is 1. The largest absolute Gasteiger partial charge is 0.340 e. The molecule has 1 fully saturated rings. The number of benzene rings is 1. The van der Waals surface area contributed by atoms with Gasteiger partial charge in [-0.05, 0) is 31.5 Å². The average molecular weight is 282 g/mol. The minimum Gasteiger partial charge on any atom is -0.340 e. The van der Waals surface area contributed by atoms with Crippen LogP contribution in [0, 0.1) is 11.6 Å². The maximum atomic E-state index is 13.2. The summed E-state index contributed by atoms with van der Waals surface area (Å²) in [6, 6.07) is 3.59. The lowest BCUT2D eigenvalue weighted by atomic mass is 9.97. The second-order valence-corrected chi connectivity index (χ2v) is 5.95. The summed E-state index contributed by atoms with van der Waals surface area (Å²) in [4.78, 5) is 15.4. The molecule has 1 aliphatic rings. The van der Waals surface area contributed by atoms with Crippen LogP contribution in [0.2, 0.25) is 0 Å². The van der Waals surface area contributed by atoms with Gasteiger partial charge in [-0.1, -0.05) is 0 Å². The lowest BCUT2D eigenvalue weighted by molar-refractivity contribution is -0.134. The number of rotatable bonds is 2. The first-order chi connectivity index (χ1) is 9.28. The fourth-order valence-electron chi connectivity index (χ4n) is 2.67. The molecule has 0 bridgehead atoms. The normalized spacial score (nSPS) is 19.1. The van der Waals surface area contributed by atoms with E-state index in [1.54, 1.807) is 6.92 Å². The van der Waals surface area contributed by atoms with Crippen LogP contribution >= 0.6 is 0 Å². The van der Waals surface area contributed by atoms with Crippen LogP contribution in [-0.4, -0.2) is 40.9 Å². The van der Waals surface area contributed by atoms with Gasteiger partial charge in [0.2, 0.25) is 5.91 Å². The fraction of sp³-hybridized carbons (Fsp3) is 0.533. The van der Waals surface area contributed by atoms with Crippen molar-refractivity contribution in [2.75, 3.05) is 19.6 Å². The van der Waals surface area contributed by atoms with E-state index in [1.807, 2.05) is 18.7 Å². The number of piperazine rings is 1. The monoisotopic (exact) mass is 282 g/mol. The van der Waals surface area contributed by atoms with Crippen LogP contribution in [0.3, 0.4) is 0 Å². The molecule has 0 radical (unpaired) electrons. The second-order valence-electron chi connectivity index (χ2n) is 5.95. The minimum absolute atomic E-state index is 0.0644. The Bertz CT molecular complexity index is 496. The number of hydrogen-bond acceptors (Lipinski definition) is 2. The highest BCUT2D eigenvalue weighted by Gasteiger charge is 2.34. The Balaban J connectivity index is 2.11. The molecule has 0 spiro atoms. The van der Waals surface area contributed by atoms with Gasteiger partial charge in [0.05, 0.1) is 0 Å². The molecule has 1 amide bonds. The predicted molar refractivity (Wildman–Crippen MR) is 73.1 cm³/mol. The van der Waals surface area contributed by atoms with E-state index in [0.29, 0.717) is 31.7 Å². The van der Waals surface area contributed by atoms with E-state index in [-0.39, 0.29) is 11.4 Å². The number of carbonyl (C=O) groups is 1. The van der Waals surface area contributed by atoms with E-state index in [9.17, 15) is 13.6 Å². The first kappa shape index (κ1) is 14.9. The van der Waals surface area contributed by atoms with Crippen LogP contribution in [-0.2, 0) is 11.3 Å². The highest BCUT2D eigenvalue weighted by Crippen LogP contribution is 2.24. The number of hydrogen-bond donors (Lipinski definition) is 0. The molecule has 0 aliphatic carbocycles. The topological polar surface area (TPSA) is 23.6 Å². The SMILES string of the molecule is CC(=O)N1CCN(Cc2cc(F)cc(F)c2)C(C)(C)C1. The predicted octanol–water partition coefficient (Wildman–Crippen LogP) is 2.41. The van der Waals surface area contributed by atoms with Crippen molar-refractivity contribution in [2.45, 2.75) is 32.9 Å². The Labute approximate surface area is 118 Å². The summed E-state index contributed by atoms with van der Waals surface area (Å²) in [5, 5.41) is 0. The molecule has 0 atom stereocenters. The number of halogens is 2. The summed E-state index contributed by atoms with van der Waals surface area (Å²) in [5.41, 5.74) is 0.402. The zero-order valence-electron chi connectivity index (χ0n) is 12.1. The second kappa shape index (κ2) is 5.48. The third-order valence-electron chi connectivity index (χ3n) is 3.81. The van der Waals surface area contributed by atoms with Crippen LogP contribution < -0.4 is 0 Å². The Morgan fingerprint density at radius 1 is 1.20 bits per heavy atom. The molecule has 5 heteroatoms. The molecule has 1 aromatic carbocycles. The minimum atomic E-state index is -0.555. The third kappa shape index (κ3) is 3.33. The van der Waals surface area contributed by atoms with Gasteiger partial charge in [-0.15, -0.1) is 0 Å². The molecular weight excluding hydrogens is 262 g/mol. The average Bonchev–Trinajstić information content (AvgIpc) is 2.29. The quantitative estimate of drug-likeness (QED) is 0.831. The zero-order chi connectivity index (χ0) is 14.9. The summed E-state index contributed by atoms with van der Waals surface area (Å²) in [6.45, 7) is 8.10. The molecule has 0 N–H and O–H groups in total. The number of carbonyl (C=O) groups excluding carboxylic acids is 1. The van der Waals surface area contributed by atoms with Gasteiger partial charge in [-0.2, -0.15) is 0 Å². The van der Waals surface area contributed by atoms with Crippen molar-refractivity contribution in [1.82, 2.24) is 9.80 Å². The highest BCUT2D eigenvalue weighted by atomic mass is 19.1. The van der Waals surface area contributed by atoms with Crippen molar-refractivity contribution >= 4 is 5.91 Å². The van der Waals surface area contributed by atoms with Gasteiger partial charge < -0.3 is 4.90 Å². The molecule has 0 aromatic heterocycles. The van der Waals surface area contributed by atoms with E-state index in [1.165, 1.54) is 12.1 Å². The molecule has 110 valence electrons. The smallest absolute Gasteiger partial charge is 0.219 e. The molecule has 20 heavy (non-hydrogen) atoms. The van der Waals surface area contributed by atoms with Gasteiger partial charge in [0, 0.05) is 44.7 Å². The zero-order valence-corrected chi connectivity index (χ0v) is 12.1. The lowest BCUT2D eigenvalue weighted by Crippen LogP contribution is -2.59. The standard InChI is InChI=1S/C15H20F2N2O/c1-11(20)18-4-5-19(15(2,3)10-18)9-12-6-13(16)8-14(17)7-12/h6-8H,4-5,9-10H2,1-3H3. The van der Waals surface area contributed by atoms with Crippen molar-refractivity contribution < 1.29 is 13.6 Å². The Kier molecular flexibility index (Phi) is 4.09. The van der Waals surface area contributed by atoms with Crippen molar-refractivity contribution in [3.8, 4) is 0 Å². The van der Waals surface area contributed by atoms with Crippen molar-refractivity contribution in [3.05, 3.63) is 35.4 Å². The van der Waals surface area contributed by atoms with Gasteiger partial charge in [0.15, 0.2) is 0 Å². The first-order valence-corrected chi connectivity index (χ1v) is 6.73. The van der Waals surface area contributed by atoms with E-state index in [0.717, 1.165) is 6.07 Å². The molecule has 1 aromatic rings. The maximum absolute atomic E-state index is 13.2. The molecule has 3 nitrogen and oxygen atoms in total. The summed E-state index contributed by atoms with van der Waals surface area (Å²) >= 11 is 0. The van der Waals surface area contributed by atoms with E-state index >= 15 is 0 Å². The summed E-state index contributed by atoms with van der Waals surface area (Å²) in [6.07, 6.45) is 0. The molecule has 1 saturated heterocycles. The Morgan fingerprint density at radius 3 is 2.30 bits per heavy atom. The number of nitrogens with zero attached hydrogens (tertiary/aromatic N) is 2. The highest BCUT2D eigenvalue weighted by molar-refractivity contribution is 5.73. The van der Waals surface area contributed by atoms with Gasteiger partial charge in [0.1, 0.15) is 11.6 Å². The van der Waals surface area contributed by atoms with Gasteiger partial charge in [-0.3, -0.25) is 9.69 Å².